The highest BCUT2D eigenvalue weighted by Crippen LogP contribution is 2.29. The Labute approximate surface area is 219 Å². The SMILES string of the molecule is CC(CNC(=O)CC(c1ccccc1)c1ccccc1)NC(=O)CC(c1ccccc1)c1ccccc1. The van der Waals surface area contributed by atoms with Crippen LogP contribution in [0.15, 0.2) is 121 Å². The van der Waals surface area contributed by atoms with Crippen molar-refractivity contribution in [1.29, 1.82) is 0 Å². The Balaban J connectivity index is 1.33. The van der Waals surface area contributed by atoms with E-state index in [1.165, 1.54) is 0 Å². The maximum absolute atomic E-state index is 13.0. The molecular formula is C33H34N2O2. The number of hydrogen-bond donors (Lipinski definition) is 2. The first-order chi connectivity index (χ1) is 18.1. The van der Waals surface area contributed by atoms with Gasteiger partial charge < -0.3 is 10.6 Å². The summed E-state index contributed by atoms with van der Waals surface area (Å²) in [6, 6.07) is 40.2. The monoisotopic (exact) mass is 490 g/mol. The minimum atomic E-state index is -0.185. The molecule has 0 aromatic heterocycles. The highest BCUT2D eigenvalue weighted by Gasteiger charge is 2.21. The molecule has 0 saturated carbocycles. The third-order valence-corrected chi connectivity index (χ3v) is 6.60. The van der Waals surface area contributed by atoms with Gasteiger partial charge in [-0.3, -0.25) is 9.59 Å². The summed E-state index contributed by atoms with van der Waals surface area (Å²) in [5, 5.41) is 6.09. The highest BCUT2D eigenvalue weighted by atomic mass is 16.2. The van der Waals surface area contributed by atoms with E-state index in [0.29, 0.717) is 19.4 Å². The van der Waals surface area contributed by atoms with Crippen LogP contribution in [0.3, 0.4) is 0 Å². The molecule has 2 N–H and O–H groups in total. The van der Waals surface area contributed by atoms with Gasteiger partial charge in [-0.05, 0) is 29.2 Å². The predicted octanol–water partition coefficient (Wildman–Crippen LogP) is 6.05. The smallest absolute Gasteiger partial charge is 0.221 e. The molecular weight excluding hydrogens is 456 g/mol. The first kappa shape index (κ1) is 25.9. The molecule has 188 valence electrons. The molecule has 4 rings (SSSR count). The first-order valence-electron chi connectivity index (χ1n) is 12.9. The second-order valence-electron chi connectivity index (χ2n) is 9.43. The second-order valence-corrected chi connectivity index (χ2v) is 9.43. The van der Waals surface area contributed by atoms with Gasteiger partial charge in [0.15, 0.2) is 0 Å². The average Bonchev–Trinajstić information content (AvgIpc) is 2.95. The fourth-order valence-corrected chi connectivity index (χ4v) is 4.69. The number of nitrogens with one attached hydrogen (secondary N) is 2. The van der Waals surface area contributed by atoms with Crippen LogP contribution in [0.2, 0.25) is 0 Å². The van der Waals surface area contributed by atoms with Crippen LogP contribution in [0.25, 0.3) is 0 Å². The average molecular weight is 491 g/mol. The van der Waals surface area contributed by atoms with Crippen LogP contribution in [0, 0.1) is 0 Å². The standard InChI is InChI=1S/C33H34N2O2/c1-25(35-33(37)23-31(28-18-10-4-11-19-28)29-20-12-5-13-21-29)24-34-32(36)22-30(26-14-6-2-7-15-26)27-16-8-3-9-17-27/h2-21,25,30-31H,22-24H2,1H3,(H,34,36)(H,35,37). The van der Waals surface area contributed by atoms with Gasteiger partial charge in [0.2, 0.25) is 11.8 Å². The lowest BCUT2D eigenvalue weighted by Gasteiger charge is -2.21. The van der Waals surface area contributed by atoms with Crippen molar-refractivity contribution in [1.82, 2.24) is 10.6 Å². The Bertz CT molecular complexity index is 1170. The van der Waals surface area contributed by atoms with Crippen LogP contribution in [0.4, 0.5) is 0 Å². The molecule has 4 aromatic carbocycles. The molecule has 0 aliphatic carbocycles. The van der Waals surface area contributed by atoms with Crippen molar-refractivity contribution < 1.29 is 9.59 Å². The second kappa shape index (κ2) is 13.2. The van der Waals surface area contributed by atoms with Gasteiger partial charge in [-0.25, -0.2) is 0 Å². The maximum Gasteiger partial charge on any atom is 0.221 e. The van der Waals surface area contributed by atoms with Gasteiger partial charge in [0.1, 0.15) is 0 Å². The van der Waals surface area contributed by atoms with Crippen molar-refractivity contribution in [3.8, 4) is 0 Å². The van der Waals surface area contributed by atoms with Crippen molar-refractivity contribution >= 4 is 11.8 Å². The van der Waals surface area contributed by atoms with Crippen LogP contribution < -0.4 is 10.6 Å². The third kappa shape index (κ3) is 7.65. The number of carbonyl (C=O) groups excluding carboxylic acids is 2. The fourth-order valence-electron chi connectivity index (χ4n) is 4.69. The van der Waals surface area contributed by atoms with Gasteiger partial charge >= 0.3 is 0 Å². The van der Waals surface area contributed by atoms with Crippen molar-refractivity contribution in [2.24, 2.45) is 0 Å². The normalized spacial score (nSPS) is 11.8. The molecule has 0 fully saturated rings. The molecule has 1 atom stereocenters. The Morgan fingerprint density at radius 2 is 0.865 bits per heavy atom. The summed E-state index contributed by atoms with van der Waals surface area (Å²) in [5.41, 5.74) is 4.44. The Morgan fingerprint density at radius 3 is 1.22 bits per heavy atom. The molecule has 4 heteroatoms. The molecule has 0 radical (unpaired) electrons. The minimum absolute atomic E-state index is 0.0233. The molecule has 1 unspecified atom stereocenters. The zero-order chi connectivity index (χ0) is 25.9. The van der Waals surface area contributed by atoms with Crippen LogP contribution in [-0.4, -0.2) is 24.4 Å². The maximum atomic E-state index is 13.0. The quantitative estimate of drug-likeness (QED) is 0.269. The summed E-state index contributed by atoms with van der Waals surface area (Å²) < 4.78 is 0. The first-order valence-corrected chi connectivity index (χ1v) is 12.9. The Hall–Kier alpha value is -4.18. The Morgan fingerprint density at radius 1 is 0.541 bits per heavy atom. The predicted molar refractivity (Wildman–Crippen MR) is 149 cm³/mol. The van der Waals surface area contributed by atoms with Crippen molar-refractivity contribution in [3.63, 3.8) is 0 Å². The van der Waals surface area contributed by atoms with Crippen LogP contribution in [-0.2, 0) is 9.59 Å². The van der Waals surface area contributed by atoms with E-state index in [0.717, 1.165) is 22.3 Å². The molecule has 2 amide bonds. The van der Waals surface area contributed by atoms with Gasteiger partial charge in [-0.2, -0.15) is 0 Å². The number of benzene rings is 4. The molecule has 0 heterocycles. The molecule has 0 aliphatic heterocycles. The lowest BCUT2D eigenvalue weighted by atomic mass is 9.88. The zero-order valence-corrected chi connectivity index (χ0v) is 21.2. The van der Waals surface area contributed by atoms with Crippen molar-refractivity contribution in [2.45, 2.75) is 37.6 Å². The Kier molecular flexibility index (Phi) is 9.25. The van der Waals surface area contributed by atoms with E-state index in [1.54, 1.807) is 0 Å². The van der Waals surface area contributed by atoms with Crippen molar-refractivity contribution in [3.05, 3.63) is 144 Å². The third-order valence-electron chi connectivity index (χ3n) is 6.60. The molecule has 0 bridgehead atoms. The lowest BCUT2D eigenvalue weighted by molar-refractivity contribution is -0.123. The number of amides is 2. The molecule has 0 spiro atoms. The summed E-state index contributed by atoms with van der Waals surface area (Å²) in [6.45, 7) is 2.30. The van der Waals surface area contributed by atoms with E-state index in [9.17, 15) is 9.59 Å². The minimum Gasteiger partial charge on any atom is -0.354 e. The largest absolute Gasteiger partial charge is 0.354 e. The van der Waals surface area contributed by atoms with E-state index in [-0.39, 0.29) is 29.7 Å². The van der Waals surface area contributed by atoms with Crippen LogP contribution in [0.1, 0.15) is 53.9 Å². The summed E-state index contributed by atoms with van der Waals surface area (Å²) in [4.78, 5) is 25.9. The molecule has 0 aliphatic rings. The summed E-state index contributed by atoms with van der Waals surface area (Å²) in [5.74, 6) is -0.123. The lowest BCUT2D eigenvalue weighted by Crippen LogP contribution is -2.42. The topological polar surface area (TPSA) is 58.2 Å². The summed E-state index contributed by atoms with van der Waals surface area (Å²) in [6.07, 6.45) is 0.690. The van der Waals surface area contributed by atoms with Gasteiger partial charge in [0, 0.05) is 37.3 Å². The van der Waals surface area contributed by atoms with Crippen LogP contribution in [0.5, 0.6) is 0 Å². The summed E-state index contributed by atoms with van der Waals surface area (Å²) in [7, 11) is 0. The van der Waals surface area contributed by atoms with E-state index in [2.05, 4.69) is 59.2 Å². The van der Waals surface area contributed by atoms with E-state index < -0.39 is 0 Å². The molecule has 4 aromatic rings. The fraction of sp³-hybridized carbons (Fsp3) is 0.212. The van der Waals surface area contributed by atoms with Gasteiger partial charge in [-0.15, -0.1) is 0 Å². The van der Waals surface area contributed by atoms with Crippen LogP contribution >= 0.6 is 0 Å². The molecule has 0 saturated heterocycles. The molecule has 4 nitrogen and oxygen atoms in total. The van der Waals surface area contributed by atoms with Crippen molar-refractivity contribution in [2.75, 3.05) is 6.54 Å². The summed E-state index contributed by atoms with van der Waals surface area (Å²) >= 11 is 0. The van der Waals surface area contributed by atoms with Gasteiger partial charge in [0.25, 0.3) is 0 Å². The van der Waals surface area contributed by atoms with E-state index >= 15 is 0 Å². The number of rotatable bonds is 11. The zero-order valence-electron chi connectivity index (χ0n) is 21.2. The number of hydrogen-bond acceptors (Lipinski definition) is 2. The van der Waals surface area contributed by atoms with E-state index in [4.69, 9.17) is 0 Å². The van der Waals surface area contributed by atoms with Gasteiger partial charge in [0.05, 0.1) is 0 Å². The highest BCUT2D eigenvalue weighted by molar-refractivity contribution is 5.79. The molecule has 37 heavy (non-hydrogen) atoms. The number of carbonyl (C=O) groups is 2. The van der Waals surface area contributed by atoms with E-state index in [1.807, 2.05) is 79.7 Å². The van der Waals surface area contributed by atoms with Gasteiger partial charge in [-0.1, -0.05) is 121 Å².